The second-order valence-corrected chi connectivity index (χ2v) is 7.04. The zero-order valence-corrected chi connectivity index (χ0v) is 14.1. The lowest BCUT2D eigenvalue weighted by atomic mass is 10.0. The van der Waals surface area contributed by atoms with Gasteiger partial charge in [-0.15, -0.1) is 11.3 Å². The maximum atomic E-state index is 12.9. The van der Waals surface area contributed by atoms with Gasteiger partial charge in [0.15, 0.2) is 0 Å². The van der Waals surface area contributed by atoms with Gasteiger partial charge in [0.1, 0.15) is 6.04 Å². The minimum Gasteiger partial charge on any atom is -0.288 e. The van der Waals surface area contributed by atoms with Gasteiger partial charge in [-0.3, -0.25) is 14.8 Å². The lowest BCUT2D eigenvalue weighted by Gasteiger charge is -2.32. The van der Waals surface area contributed by atoms with Gasteiger partial charge in [0.05, 0.1) is 15.5 Å². The summed E-state index contributed by atoms with van der Waals surface area (Å²) < 4.78 is 38.6. The summed E-state index contributed by atoms with van der Waals surface area (Å²) in [5, 5.41) is 6.67. The highest BCUT2D eigenvalue weighted by Gasteiger charge is 2.44. The van der Waals surface area contributed by atoms with E-state index < -0.39 is 12.2 Å². The third-order valence-electron chi connectivity index (χ3n) is 4.22. The van der Waals surface area contributed by atoms with Crippen LogP contribution < -0.4 is 5.43 Å². The Morgan fingerprint density at radius 3 is 2.79 bits per heavy atom. The molecule has 0 spiro atoms. The second kappa shape index (κ2) is 6.72. The van der Waals surface area contributed by atoms with Crippen LogP contribution in [0.5, 0.6) is 0 Å². The Morgan fingerprint density at radius 2 is 2.17 bits per heavy atom. The highest BCUT2D eigenvalue weighted by molar-refractivity contribution is 7.16. The number of nitrogens with one attached hydrogen (secondary N) is 1. The number of amides is 1. The molecule has 1 aromatic heterocycles. The van der Waals surface area contributed by atoms with E-state index in [1.807, 2.05) is 0 Å². The Bertz CT molecular complexity index is 637. The van der Waals surface area contributed by atoms with Gasteiger partial charge in [0.2, 0.25) is 0 Å². The minimum absolute atomic E-state index is 0.0201. The Labute approximate surface area is 142 Å². The van der Waals surface area contributed by atoms with Gasteiger partial charge in [-0.2, -0.15) is 18.3 Å². The predicted molar refractivity (Wildman–Crippen MR) is 86.0 cm³/mol. The lowest BCUT2D eigenvalue weighted by molar-refractivity contribution is -0.183. The molecular formula is C15H19F3N4OS. The summed E-state index contributed by atoms with van der Waals surface area (Å²) in [7, 11) is 1.34. The number of carbonyl (C=O) groups is 1. The maximum absolute atomic E-state index is 12.9. The lowest BCUT2D eigenvalue weighted by Crippen LogP contribution is -2.46. The predicted octanol–water partition coefficient (Wildman–Crippen LogP) is 2.85. The van der Waals surface area contributed by atoms with Gasteiger partial charge in [0, 0.05) is 20.1 Å². The number of carbonyl (C=O) groups excluding carboxylic acids is 1. The summed E-state index contributed by atoms with van der Waals surface area (Å²) in [6.45, 7) is 1.45. The van der Waals surface area contributed by atoms with Crippen molar-refractivity contribution in [2.24, 2.45) is 5.10 Å². The van der Waals surface area contributed by atoms with E-state index in [9.17, 15) is 18.0 Å². The van der Waals surface area contributed by atoms with Crippen LogP contribution in [0.1, 0.15) is 40.2 Å². The molecule has 0 radical (unpaired) electrons. The van der Waals surface area contributed by atoms with Crippen molar-refractivity contribution in [3.63, 3.8) is 0 Å². The van der Waals surface area contributed by atoms with Crippen LogP contribution in [0.15, 0.2) is 17.2 Å². The van der Waals surface area contributed by atoms with E-state index >= 15 is 0 Å². The fourth-order valence-electron chi connectivity index (χ4n) is 2.92. The molecule has 0 aliphatic carbocycles. The molecule has 24 heavy (non-hydrogen) atoms. The maximum Gasteiger partial charge on any atom is 0.410 e. The smallest absolute Gasteiger partial charge is 0.288 e. The average Bonchev–Trinajstić information content (AvgIpc) is 3.03. The zero-order valence-electron chi connectivity index (χ0n) is 13.3. The van der Waals surface area contributed by atoms with E-state index in [1.165, 1.54) is 18.4 Å². The van der Waals surface area contributed by atoms with E-state index in [4.69, 9.17) is 0 Å². The number of hydrazine groups is 1. The van der Waals surface area contributed by atoms with E-state index in [1.54, 1.807) is 17.1 Å². The van der Waals surface area contributed by atoms with Crippen molar-refractivity contribution < 1.29 is 18.0 Å². The van der Waals surface area contributed by atoms with Crippen molar-refractivity contribution in [2.75, 3.05) is 20.1 Å². The van der Waals surface area contributed by atoms with E-state index in [0.717, 1.165) is 29.3 Å². The van der Waals surface area contributed by atoms with Crippen LogP contribution in [0.4, 0.5) is 13.2 Å². The summed E-state index contributed by atoms with van der Waals surface area (Å²) >= 11 is 1.28. The summed E-state index contributed by atoms with van der Waals surface area (Å²) in [6.07, 6.45) is -2.03. The van der Waals surface area contributed by atoms with Crippen LogP contribution in [0, 0.1) is 0 Å². The molecule has 1 fully saturated rings. The monoisotopic (exact) mass is 360 g/mol. The number of halogens is 3. The molecule has 0 bridgehead atoms. The standard InChI is InChI=1S/C15H19F3N4OS/c1-21-13(15(16,17)18)7-4-10(20-21)11-5-6-12(24-11)14(23)22-9-3-2-8-19-22/h5-6,13,19H,2-4,7-9H2,1H3. The van der Waals surface area contributed by atoms with Crippen molar-refractivity contribution in [1.29, 1.82) is 0 Å². The van der Waals surface area contributed by atoms with Crippen LogP contribution in [-0.2, 0) is 0 Å². The van der Waals surface area contributed by atoms with Crippen molar-refractivity contribution in [3.8, 4) is 0 Å². The number of nitrogens with zero attached hydrogens (tertiary/aromatic N) is 3. The molecule has 1 saturated heterocycles. The highest BCUT2D eigenvalue weighted by Crippen LogP contribution is 2.32. The molecule has 2 aliphatic rings. The second-order valence-electron chi connectivity index (χ2n) is 5.95. The average molecular weight is 360 g/mol. The third-order valence-corrected chi connectivity index (χ3v) is 5.34. The van der Waals surface area contributed by atoms with Gasteiger partial charge in [-0.05, 0) is 37.8 Å². The van der Waals surface area contributed by atoms with Gasteiger partial charge < -0.3 is 0 Å². The molecule has 1 unspecified atom stereocenters. The largest absolute Gasteiger partial charge is 0.410 e. The topological polar surface area (TPSA) is 47.9 Å². The molecule has 3 rings (SSSR count). The number of hydrogen-bond donors (Lipinski definition) is 1. The number of rotatable bonds is 2. The van der Waals surface area contributed by atoms with Crippen LogP contribution in [0.2, 0.25) is 0 Å². The molecule has 1 N–H and O–H groups in total. The first kappa shape index (κ1) is 17.2. The van der Waals surface area contributed by atoms with Gasteiger partial charge in [0.25, 0.3) is 5.91 Å². The first-order valence-electron chi connectivity index (χ1n) is 7.89. The van der Waals surface area contributed by atoms with Crippen LogP contribution >= 0.6 is 11.3 Å². The van der Waals surface area contributed by atoms with Crippen molar-refractivity contribution in [3.05, 3.63) is 21.9 Å². The SMILES string of the molecule is CN1N=C(c2ccc(C(=O)N3CCCCN3)s2)CCC1C(F)(F)F. The molecular weight excluding hydrogens is 341 g/mol. The summed E-state index contributed by atoms with van der Waals surface area (Å²) in [5.41, 5.74) is 3.67. The molecule has 5 nitrogen and oxygen atoms in total. The molecule has 0 saturated carbocycles. The van der Waals surface area contributed by atoms with Crippen molar-refractivity contribution in [1.82, 2.24) is 15.4 Å². The molecule has 1 atom stereocenters. The molecule has 2 aliphatic heterocycles. The van der Waals surface area contributed by atoms with Crippen molar-refractivity contribution >= 4 is 23.0 Å². The molecule has 0 aromatic carbocycles. The third kappa shape index (κ3) is 3.56. The normalized spacial score (nSPS) is 22.5. The molecule has 1 aromatic rings. The van der Waals surface area contributed by atoms with Crippen LogP contribution in [0.25, 0.3) is 0 Å². The molecule has 1 amide bonds. The fourth-order valence-corrected chi connectivity index (χ4v) is 3.89. The van der Waals surface area contributed by atoms with E-state index in [0.29, 0.717) is 17.1 Å². The van der Waals surface area contributed by atoms with E-state index in [2.05, 4.69) is 10.5 Å². The Morgan fingerprint density at radius 1 is 1.38 bits per heavy atom. The minimum atomic E-state index is -4.28. The number of hydrogen-bond acceptors (Lipinski definition) is 5. The first-order chi connectivity index (χ1) is 11.4. The van der Waals surface area contributed by atoms with Crippen LogP contribution in [0.3, 0.4) is 0 Å². The Balaban J connectivity index is 1.73. The quantitative estimate of drug-likeness (QED) is 0.882. The molecule has 3 heterocycles. The highest BCUT2D eigenvalue weighted by atomic mass is 32.1. The van der Waals surface area contributed by atoms with Gasteiger partial charge >= 0.3 is 6.18 Å². The summed E-state index contributed by atoms with van der Waals surface area (Å²) in [4.78, 5) is 13.7. The number of thiophene rings is 1. The first-order valence-corrected chi connectivity index (χ1v) is 8.70. The van der Waals surface area contributed by atoms with E-state index in [-0.39, 0.29) is 18.7 Å². The summed E-state index contributed by atoms with van der Waals surface area (Å²) in [5.74, 6) is -0.0936. The van der Waals surface area contributed by atoms with Gasteiger partial charge in [-0.1, -0.05) is 0 Å². The molecule has 132 valence electrons. The van der Waals surface area contributed by atoms with Gasteiger partial charge in [-0.25, -0.2) is 5.43 Å². The Kier molecular flexibility index (Phi) is 4.82. The Hall–Kier alpha value is -1.61. The number of hydrazone groups is 1. The molecule has 9 heteroatoms. The fraction of sp³-hybridized carbons (Fsp3) is 0.600. The number of alkyl halides is 3. The van der Waals surface area contributed by atoms with Crippen LogP contribution in [-0.4, -0.2) is 54.0 Å². The van der Waals surface area contributed by atoms with Crippen molar-refractivity contribution in [2.45, 2.75) is 37.9 Å². The summed E-state index contributed by atoms with van der Waals surface area (Å²) in [6, 6.07) is 1.94. The zero-order chi connectivity index (χ0) is 17.3.